The maximum Gasteiger partial charge on any atom is 0.416 e. The van der Waals surface area contributed by atoms with Crippen LogP contribution in [0.3, 0.4) is 0 Å². The molecule has 0 saturated carbocycles. The van der Waals surface area contributed by atoms with Gasteiger partial charge in [-0.05, 0) is 24.1 Å². The van der Waals surface area contributed by atoms with Gasteiger partial charge in [0.2, 0.25) is 10.0 Å². The van der Waals surface area contributed by atoms with E-state index >= 15 is 0 Å². The van der Waals surface area contributed by atoms with E-state index in [1.54, 1.807) is 10.0 Å². The van der Waals surface area contributed by atoms with Gasteiger partial charge in [0.1, 0.15) is 11.4 Å². The van der Waals surface area contributed by atoms with Crippen LogP contribution < -0.4 is 15.8 Å². The molecule has 1 aromatic carbocycles. The van der Waals surface area contributed by atoms with Crippen LogP contribution in [0, 0.1) is 5.92 Å². The predicted octanol–water partition coefficient (Wildman–Crippen LogP) is 1.40. The summed E-state index contributed by atoms with van der Waals surface area (Å²) in [4.78, 5) is 33.5. The Labute approximate surface area is 168 Å². The largest absolute Gasteiger partial charge is 0.451 e. The fourth-order valence-corrected chi connectivity index (χ4v) is 3.48. The molecule has 14 heteroatoms. The van der Waals surface area contributed by atoms with Crippen LogP contribution in [0.1, 0.15) is 19.4 Å². The number of carbonyl (C=O) groups is 3. The summed E-state index contributed by atoms with van der Waals surface area (Å²) >= 11 is 5.66. The van der Waals surface area contributed by atoms with Gasteiger partial charge in [-0.3, -0.25) is 14.9 Å². The van der Waals surface area contributed by atoms with E-state index in [0.717, 1.165) is 6.07 Å². The lowest BCUT2D eigenvalue weighted by molar-refractivity contribution is -0.157. The predicted molar refractivity (Wildman–Crippen MR) is 94.1 cm³/mol. The Hall–Kier alpha value is -2.38. The van der Waals surface area contributed by atoms with Crippen LogP contribution in [-0.4, -0.2) is 39.0 Å². The van der Waals surface area contributed by atoms with Crippen LogP contribution >= 0.6 is 11.6 Å². The van der Waals surface area contributed by atoms with E-state index in [-0.39, 0.29) is 0 Å². The molecule has 1 unspecified atom stereocenters. The summed E-state index contributed by atoms with van der Waals surface area (Å²) in [5.74, 6) is -2.85. The van der Waals surface area contributed by atoms with E-state index < -0.39 is 68.2 Å². The van der Waals surface area contributed by atoms with Gasteiger partial charge in [0, 0.05) is 0 Å². The number of sulfonamides is 1. The zero-order valence-corrected chi connectivity index (χ0v) is 16.6. The van der Waals surface area contributed by atoms with Crippen LogP contribution in [0.25, 0.3) is 0 Å². The van der Waals surface area contributed by atoms with E-state index in [2.05, 4.69) is 0 Å². The van der Waals surface area contributed by atoms with E-state index in [9.17, 15) is 36.0 Å². The molecule has 0 aliphatic rings. The summed E-state index contributed by atoms with van der Waals surface area (Å²) in [7, 11) is -4.62. The first-order chi connectivity index (χ1) is 13.1. The van der Waals surface area contributed by atoms with E-state index in [4.69, 9.17) is 22.1 Å². The Morgan fingerprint density at radius 3 is 2.31 bits per heavy atom. The number of primary amides is 1. The quantitative estimate of drug-likeness (QED) is 0.525. The molecule has 1 atom stereocenters. The molecule has 0 bridgehead atoms. The SMILES string of the molecule is CC(C)C(OC(=O)CNS(=O)(=O)c1cc(C(F)(F)F)ccc1Cl)C(=O)NC(N)=O. The average molecular weight is 460 g/mol. The molecule has 0 aliphatic heterocycles. The number of nitrogens with one attached hydrogen (secondary N) is 2. The zero-order valence-electron chi connectivity index (χ0n) is 15.0. The van der Waals surface area contributed by atoms with Crippen molar-refractivity contribution < 1.29 is 40.7 Å². The van der Waals surface area contributed by atoms with Gasteiger partial charge in [-0.2, -0.15) is 17.9 Å². The third kappa shape index (κ3) is 7.18. The number of imide groups is 1. The first-order valence-electron chi connectivity index (χ1n) is 7.81. The van der Waals surface area contributed by atoms with Gasteiger partial charge < -0.3 is 10.5 Å². The van der Waals surface area contributed by atoms with Gasteiger partial charge >= 0.3 is 18.2 Å². The zero-order chi connectivity index (χ0) is 22.6. The summed E-state index contributed by atoms with van der Waals surface area (Å²) in [5.41, 5.74) is 3.55. The molecular weight excluding hydrogens is 443 g/mol. The molecule has 0 saturated heterocycles. The number of hydrogen-bond acceptors (Lipinski definition) is 6. The van der Waals surface area contributed by atoms with Crippen molar-refractivity contribution in [2.24, 2.45) is 11.7 Å². The number of urea groups is 1. The topological polar surface area (TPSA) is 145 Å². The number of hydrogen-bond donors (Lipinski definition) is 3. The van der Waals surface area contributed by atoms with Gasteiger partial charge in [-0.15, -0.1) is 0 Å². The fraction of sp³-hybridized carbons (Fsp3) is 0.400. The first kappa shape index (κ1) is 24.7. The molecule has 1 aromatic rings. The Morgan fingerprint density at radius 1 is 1.24 bits per heavy atom. The highest BCUT2D eigenvalue weighted by Crippen LogP contribution is 2.33. The van der Waals surface area contributed by atoms with Crippen molar-refractivity contribution in [3.8, 4) is 0 Å². The number of carbonyl (C=O) groups excluding carboxylic acids is 3. The van der Waals surface area contributed by atoms with Crippen molar-refractivity contribution >= 4 is 39.5 Å². The summed E-state index contributed by atoms with van der Waals surface area (Å²) in [6, 6.07) is 0.477. The van der Waals surface area contributed by atoms with E-state index in [1.165, 1.54) is 13.8 Å². The summed E-state index contributed by atoms with van der Waals surface area (Å²) in [6.45, 7) is 1.94. The minimum absolute atomic E-state index is 0.313. The molecule has 0 radical (unpaired) electrons. The van der Waals surface area contributed by atoms with E-state index in [1.807, 2.05) is 0 Å². The minimum atomic E-state index is -4.81. The van der Waals surface area contributed by atoms with Crippen molar-refractivity contribution in [3.63, 3.8) is 0 Å². The Bertz CT molecular complexity index is 905. The molecule has 162 valence electrons. The standard InChI is InChI=1S/C15H17ClF3N3O6S/c1-7(2)12(13(24)22-14(20)25)28-11(23)6-21-29(26,27)10-5-8(15(17,18)19)3-4-9(10)16/h3-5,7,12,21H,6H2,1-2H3,(H3,20,22,24,25). The monoisotopic (exact) mass is 459 g/mol. The van der Waals surface area contributed by atoms with Gasteiger partial charge in [0.15, 0.2) is 6.10 Å². The number of alkyl halides is 3. The highest BCUT2D eigenvalue weighted by atomic mass is 35.5. The maximum atomic E-state index is 12.8. The van der Waals surface area contributed by atoms with Crippen molar-refractivity contribution in [1.82, 2.24) is 10.0 Å². The third-order valence-corrected chi connectivity index (χ3v) is 5.21. The average Bonchev–Trinajstić information content (AvgIpc) is 2.56. The molecule has 0 fully saturated rings. The number of nitrogens with two attached hydrogens (primary N) is 1. The van der Waals surface area contributed by atoms with Crippen molar-refractivity contribution in [1.29, 1.82) is 0 Å². The number of halogens is 4. The number of rotatable bonds is 7. The molecule has 0 aliphatic carbocycles. The molecule has 9 nitrogen and oxygen atoms in total. The van der Waals surface area contributed by atoms with Crippen LogP contribution in [0.4, 0.5) is 18.0 Å². The molecule has 1 rings (SSSR count). The molecule has 0 aromatic heterocycles. The third-order valence-electron chi connectivity index (χ3n) is 3.32. The van der Waals surface area contributed by atoms with Gasteiger partial charge in [-0.1, -0.05) is 25.4 Å². The number of ether oxygens (including phenoxy) is 1. The second-order valence-corrected chi connectivity index (χ2v) is 8.12. The van der Waals surface area contributed by atoms with Crippen LogP contribution in [0.15, 0.2) is 23.1 Å². The minimum Gasteiger partial charge on any atom is -0.451 e. The second kappa shape index (κ2) is 9.41. The Kier molecular flexibility index (Phi) is 8.00. The first-order valence-corrected chi connectivity index (χ1v) is 9.67. The van der Waals surface area contributed by atoms with Gasteiger partial charge in [0.05, 0.1) is 10.6 Å². The molecule has 29 heavy (non-hydrogen) atoms. The van der Waals surface area contributed by atoms with Crippen molar-refractivity contribution in [2.75, 3.05) is 6.54 Å². The van der Waals surface area contributed by atoms with E-state index in [0.29, 0.717) is 12.1 Å². The van der Waals surface area contributed by atoms with Crippen LogP contribution in [0.2, 0.25) is 5.02 Å². The highest BCUT2D eigenvalue weighted by molar-refractivity contribution is 7.89. The van der Waals surface area contributed by atoms with Crippen molar-refractivity contribution in [3.05, 3.63) is 28.8 Å². The van der Waals surface area contributed by atoms with Gasteiger partial charge in [-0.25, -0.2) is 13.2 Å². The van der Waals surface area contributed by atoms with Crippen molar-refractivity contribution in [2.45, 2.75) is 31.0 Å². The van der Waals surface area contributed by atoms with Crippen LogP contribution in [-0.2, 0) is 30.5 Å². The fourth-order valence-electron chi connectivity index (χ4n) is 1.99. The Balaban J connectivity index is 2.92. The molecular formula is C15H17ClF3N3O6S. The number of benzene rings is 1. The highest BCUT2D eigenvalue weighted by Gasteiger charge is 2.33. The molecule has 4 N–H and O–H groups in total. The molecule has 0 spiro atoms. The summed E-state index contributed by atoms with van der Waals surface area (Å²) in [5, 5.41) is 1.22. The lowest BCUT2D eigenvalue weighted by atomic mass is 10.1. The molecule has 0 heterocycles. The van der Waals surface area contributed by atoms with Crippen LogP contribution in [0.5, 0.6) is 0 Å². The molecule has 3 amide bonds. The second-order valence-electron chi connectivity index (χ2n) is 5.98. The smallest absolute Gasteiger partial charge is 0.416 e. The number of esters is 1. The maximum absolute atomic E-state index is 12.8. The Morgan fingerprint density at radius 2 is 1.83 bits per heavy atom. The number of amides is 3. The lowest BCUT2D eigenvalue weighted by Gasteiger charge is -2.20. The van der Waals surface area contributed by atoms with Gasteiger partial charge in [0.25, 0.3) is 5.91 Å². The summed E-state index contributed by atoms with van der Waals surface area (Å²) in [6.07, 6.45) is -6.27. The summed E-state index contributed by atoms with van der Waals surface area (Å²) < 4.78 is 69.4. The normalized spacial score (nSPS) is 13.1. The lowest BCUT2D eigenvalue weighted by Crippen LogP contribution is -2.46.